The molecule has 5 nitrogen and oxygen atoms in total. The number of aromatic amines is 1. The summed E-state index contributed by atoms with van der Waals surface area (Å²) in [6.07, 6.45) is 4.99. The second kappa shape index (κ2) is 6.44. The first-order valence-corrected chi connectivity index (χ1v) is 7.42. The van der Waals surface area contributed by atoms with Crippen LogP contribution in [0.4, 0.5) is 0 Å². The molecule has 112 valence electrons. The predicted octanol–water partition coefficient (Wildman–Crippen LogP) is 3.26. The van der Waals surface area contributed by atoms with Gasteiger partial charge in [0.1, 0.15) is 5.82 Å². The van der Waals surface area contributed by atoms with E-state index in [1.165, 1.54) is 0 Å². The van der Waals surface area contributed by atoms with Gasteiger partial charge in [0, 0.05) is 29.5 Å². The van der Waals surface area contributed by atoms with E-state index in [2.05, 4.69) is 19.9 Å². The van der Waals surface area contributed by atoms with Gasteiger partial charge < -0.3 is 10.7 Å². The van der Waals surface area contributed by atoms with Gasteiger partial charge in [0.05, 0.1) is 28.7 Å². The summed E-state index contributed by atoms with van der Waals surface area (Å²) in [7, 11) is 0. The van der Waals surface area contributed by atoms with Gasteiger partial charge in [-0.25, -0.2) is 15.0 Å². The maximum Gasteiger partial charge on any atom is 0.138 e. The van der Waals surface area contributed by atoms with Crippen molar-refractivity contribution in [2.75, 3.05) is 6.54 Å². The molecular weight excluding hydrogens is 321 g/mol. The molecule has 0 radical (unpaired) electrons. The summed E-state index contributed by atoms with van der Waals surface area (Å²) < 4.78 is 0. The van der Waals surface area contributed by atoms with Gasteiger partial charge in [-0.2, -0.15) is 0 Å². The van der Waals surface area contributed by atoms with Crippen molar-refractivity contribution in [1.82, 2.24) is 19.9 Å². The highest BCUT2D eigenvalue weighted by Gasteiger charge is 2.22. The van der Waals surface area contributed by atoms with Gasteiger partial charge in [0.25, 0.3) is 0 Å². The molecule has 3 rings (SSSR count). The van der Waals surface area contributed by atoms with Gasteiger partial charge in [-0.3, -0.25) is 0 Å². The fourth-order valence-electron chi connectivity index (χ4n) is 2.31. The number of nitrogens with one attached hydrogen (secondary N) is 1. The number of nitrogens with zero attached hydrogens (tertiary/aromatic N) is 3. The number of halogens is 2. The summed E-state index contributed by atoms with van der Waals surface area (Å²) in [6, 6.07) is 7.07. The van der Waals surface area contributed by atoms with E-state index in [1.54, 1.807) is 36.9 Å². The molecule has 1 unspecified atom stereocenters. The molecule has 7 heteroatoms. The predicted molar refractivity (Wildman–Crippen MR) is 87.0 cm³/mol. The third-order valence-corrected chi connectivity index (χ3v) is 3.88. The molecule has 0 saturated heterocycles. The second-order valence-electron chi connectivity index (χ2n) is 4.68. The Morgan fingerprint density at radius 3 is 2.59 bits per heavy atom. The smallest absolute Gasteiger partial charge is 0.138 e. The molecule has 2 heterocycles. The molecule has 22 heavy (non-hydrogen) atoms. The Hall–Kier alpha value is -1.95. The van der Waals surface area contributed by atoms with Crippen LogP contribution in [-0.4, -0.2) is 26.5 Å². The van der Waals surface area contributed by atoms with E-state index in [-0.39, 0.29) is 5.92 Å². The van der Waals surface area contributed by atoms with Crippen molar-refractivity contribution in [3.05, 3.63) is 64.6 Å². The molecule has 3 N–H and O–H groups in total. The van der Waals surface area contributed by atoms with Crippen molar-refractivity contribution in [2.45, 2.75) is 5.92 Å². The summed E-state index contributed by atoms with van der Waals surface area (Å²) in [4.78, 5) is 16.1. The first-order chi connectivity index (χ1) is 10.7. The highest BCUT2D eigenvalue weighted by atomic mass is 35.5. The number of H-pyrrole nitrogens is 1. The Balaban J connectivity index is 2.08. The number of imidazole rings is 1. The van der Waals surface area contributed by atoms with Crippen LogP contribution < -0.4 is 5.73 Å². The van der Waals surface area contributed by atoms with Crippen molar-refractivity contribution >= 4 is 23.2 Å². The molecule has 0 aliphatic carbocycles. The van der Waals surface area contributed by atoms with Gasteiger partial charge in [-0.05, 0) is 24.3 Å². The number of hydrogen-bond acceptors (Lipinski definition) is 4. The monoisotopic (exact) mass is 333 g/mol. The third-order valence-electron chi connectivity index (χ3n) is 3.34. The Kier molecular flexibility index (Phi) is 4.38. The first-order valence-electron chi connectivity index (χ1n) is 6.66. The summed E-state index contributed by atoms with van der Waals surface area (Å²) in [5.41, 5.74) is 8.27. The lowest BCUT2D eigenvalue weighted by molar-refractivity contribution is 0.733. The van der Waals surface area contributed by atoms with E-state index in [1.807, 2.05) is 6.07 Å². The molecule has 2 aromatic heterocycles. The van der Waals surface area contributed by atoms with Crippen molar-refractivity contribution in [1.29, 1.82) is 0 Å². The van der Waals surface area contributed by atoms with Crippen LogP contribution in [0.25, 0.3) is 11.3 Å². The van der Waals surface area contributed by atoms with E-state index in [0.29, 0.717) is 22.4 Å². The fourth-order valence-corrected chi connectivity index (χ4v) is 2.81. The number of aromatic nitrogens is 4. The second-order valence-corrected chi connectivity index (χ2v) is 5.53. The normalized spacial score (nSPS) is 12.3. The molecule has 0 amide bonds. The highest BCUT2D eigenvalue weighted by Crippen LogP contribution is 2.34. The van der Waals surface area contributed by atoms with Crippen molar-refractivity contribution in [2.24, 2.45) is 5.73 Å². The van der Waals surface area contributed by atoms with Crippen LogP contribution in [0.15, 0.2) is 43.0 Å². The van der Waals surface area contributed by atoms with Gasteiger partial charge >= 0.3 is 0 Å². The van der Waals surface area contributed by atoms with Crippen molar-refractivity contribution < 1.29 is 0 Å². The maximum atomic E-state index is 6.29. The lowest BCUT2D eigenvalue weighted by Crippen LogP contribution is -2.17. The summed E-state index contributed by atoms with van der Waals surface area (Å²) >= 11 is 12.2. The van der Waals surface area contributed by atoms with Gasteiger partial charge in [0.2, 0.25) is 0 Å². The minimum atomic E-state index is -0.189. The first kappa shape index (κ1) is 15.0. The van der Waals surface area contributed by atoms with Crippen molar-refractivity contribution in [3.8, 4) is 11.3 Å². The number of benzene rings is 1. The molecule has 1 atom stereocenters. The zero-order valence-electron chi connectivity index (χ0n) is 11.5. The Morgan fingerprint density at radius 1 is 1.14 bits per heavy atom. The molecular formula is C15H13Cl2N5. The summed E-state index contributed by atoms with van der Waals surface area (Å²) in [5, 5.41) is 1.11. The SMILES string of the molecule is NCC(c1ncccn1)c1[nH]cnc1-c1ccc(Cl)cc1Cl. The maximum absolute atomic E-state index is 6.29. The summed E-state index contributed by atoms with van der Waals surface area (Å²) in [5.74, 6) is 0.450. The van der Waals surface area contributed by atoms with Crippen LogP contribution in [0.1, 0.15) is 17.4 Å². The molecule has 0 bridgehead atoms. The van der Waals surface area contributed by atoms with E-state index >= 15 is 0 Å². The zero-order valence-corrected chi connectivity index (χ0v) is 13.0. The molecule has 0 aliphatic rings. The van der Waals surface area contributed by atoms with E-state index in [9.17, 15) is 0 Å². The number of nitrogens with two attached hydrogens (primary N) is 1. The topological polar surface area (TPSA) is 80.5 Å². The Bertz CT molecular complexity index is 773. The van der Waals surface area contributed by atoms with E-state index < -0.39 is 0 Å². The number of hydrogen-bond donors (Lipinski definition) is 2. The third kappa shape index (κ3) is 2.83. The summed E-state index contributed by atoms with van der Waals surface area (Å²) in [6.45, 7) is 0.352. The Labute approximate surface area is 137 Å². The van der Waals surface area contributed by atoms with E-state index in [0.717, 1.165) is 17.0 Å². The van der Waals surface area contributed by atoms with Crippen LogP contribution >= 0.6 is 23.2 Å². The van der Waals surface area contributed by atoms with E-state index in [4.69, 9.17) is 28.9 Å². The van der Waals surface area contributed by atoms with Gasteiger partial charge in [-0.1, -0.05) is 23.2 Å². The molecule has 0 fully saturated rings. The molecule has 1 aromatic carbocycles. The minimum Gasteiger partial charge on any atom is -0.347 e. The quantitative estimate of drug-likeness (QED) is 0.767. The molecule has 0 saturated carbocycles. The lowest BCUT2D eigenvalue weighted by atomic mass is 9.99. The highest BCUT2D eigenvalue weighted by molar-refractivity contribution is 6.36. The standard InChI is InChI=1S/C15H13Cl2N5/c16-9-2-3-10(12(17)6-9)13-14(22-8-21-13)11(7-18)15-19-4-1-5-20-15/h1-6,8,11H,7,18H2,(H,21,22). The molecule has 3 aromatic rings. The largest absolute Gasteiger partial charge is 0.347 e. The molecule has 0 spiro atoms. The van der Waals surface area contributed by atoms with Crippen LogP contribution in [0.2, 0.25) is 10.0 Å². The fraction of sp³-hybridized carbons (Fsp3) is 0.133. The molecule has 0 aliphatic heterocycles. The average molecular weight is 334 g/mol. The van der Waals surface area contributed by atoms with Crippen LogP contribution in [0, 0.1) is 0 Å². The van der Waals surface area contributed by atoms with Crippen LogP contribution in [0.5, 0.6) is 0 Å². The van der Waals surface area contributed by atoms with Crippen LogP contribution in [-0.2, 0) is 0 Å². The van der Waals surface area contributed by atoms with Crippen molar-refractivity contribution in [3.63, 3.8) is 0 Å². The number of rotatable bonds is 4. The van der Waals surface area contributed by atoms with Gasteiger partial charge in [0.15, 0.2) is 0 Å². The average Bonchev–Trinajstić information content (AvgIpc) is 2.98. The lowest BCUT2D eigenvalue weighted by Gasteiger charge is -2.14. The zero-order chi connectivity index (χ0) is 15.5. The Morgan fingerprint density at radius 2 is 1.91 bits per heavy atom. The van der Waals surface area contributed by atoms with Crippen LogP contribution in [0.3, 0.4) is 0 Å². The minimum absolute atomic E-state index is 0.189. The van der Waals surface area contributed by atoms with Gasteiger partial charge in [-0.15, -0.1) is 0 Å².